The lowest BCUT2D eigenvalue weighted by atomic mass is 10.2. The summed E-state index contributed by atoms with van der Waals surface area (Å²) in [5.41, 5.74) is 0.629. The minimum Gasteiger partial charge on any atom is -0.493 e. The van der Waals surface area contributed by atoms with Gasteiger partial charge in [-0.15, -0.1) is 0 Å². The van der Waals surface area contributed by atoms with Crippen molar-refractivity contribution in [3.05, 3.63) is 18.2 Å². The Balaban J connectivity index is 2.69. The molecule has 0 unspecified atom stereocenters. The highest BCUT2D eigenvalue weighted by Gasteiger charge is 2.26. The van der Waals surface area contributed by atoms with Gasteiger partial charge in [0.15, 0.2) is 17.5 Å². The topological polar surface area (TPSA) is 54.9 Å². The Morgan fingerprint density at radius 1 is 1.27 bits per heavy atom. The van der Waals surface area contributed by atoms with Crippen LogP contribution in [0.1, 0.15) is 13.3 Å². The molecule has 1 rings (SSSR count). The Labute approximate surface area is 127 Å². The lowest BCUT2D eigenvalue weighted by molar-refractivity contribution is -0.132. The molecule has 1 aromatic rings. The Morgan fingerprint density at radius 2 is 2.00 bits per heavy atom. The molecule has 8 heteroatoms. The van der Waals surface area contributed by atoms with Crippen LogP contribution in [0.2, 0.25) is 0 Å². The molecular formula is C14H20F3N3O2. The molecule has 1 aromatic carbocycles. The number of hydrogen-bond acceptors (Lipinski definition) is 3. The molecule has 0 aliphatic carbocycles. The number of benzene rings is 1. The van der Waals surface area contributed by atoms with Crippen molar-refractivity contribution in [1.29, 1.82) is 0 Å². The van der Waals surface area contributed by atoms with Crippen molar-refractivity contribution in [1.82, 2.24) is 5.32 Å². The van der Waals surface area contributed by atoms with Crippen LogP contribution in [0.4, 0.5) is 18.9 Å². The van der Waals surface area contributed by atoms with Gasteiger partial charge in [0.2, 0.25) is 0 Å². The number of methoxy groups -OCH3 is 1. The number of rotatable bonds is 6. The van der Waals surface area contributed by atoms with Gasteiger partial charge in [-0.2, -0.15) is 13.2 Å². The Morgan fingerprint density at radius 3 is 2.55 bits per heavy atom. The SMILES string of the molecule is CCOc1cc(NC(=NC)NCCC(F)(F)F)ccc1OC. The molecule has 0 saturated carbocycles. The first-order chi connectivity index (χ1) is 10.4. The number of nitrogens with one attached hydrogen (secondary N) is 2. The van der Waals surface area contributed by atoms with Crippen molar-refractivity contribution in [2.24, 2.45) is 4.99 Å². The van der Waals surface area contributed by atoms with Crippen molar-refractivity contribution in [2.75, 3.05) is 32.6 Å². The summed E-state index contributed by atoms with van der Waals surface area (Å²) in [4.78, 5) is 3.88. The van der Waals surface area contributed by atoms with E-state index in [2.05, 4.69) is 15.6 Å². The quantitative estimate of drug-likeness (QED) is 0.625. The average Bonchev–Trinajstić information content (AvgIpc) is 2.45. The summed E-state index contributed by atoms with van der Waals surface area (Å²) in [5, 5.41) is 5.50. The maximum atomic E-state index is 12.1. The number of ether oxygens (including phenoxy) is 2. The predicted molar refractivity (Wildman–Crippen MR) is 79.8 cm³/mol. The van der Waals surface area contributed by atoms with E-state index < -0.39 is 12.6 Å². The van der Waals surface area contributed by atoms with Crippen LogP contribution in [-0.4, -0.2) is 39.4 Å². The molecule has 0 aliphatic heterocycles. The number of alkyl halides is 3. The summed E-state index contributed by atoms with van der Waals surface area (Å²) in [5.74, 6) is 1.37. The summed E-state index contributed by atoms with van der Waals surface area (Å²) in [7, 11) is 3.01. The second kappa shape index (κ2) is 8.35. The predicted octanol–water partition coefficient (Wildman–Crippen LogP) is 3.03. The van der Waals surface area contributed by atoms with Gasteiger partial charge in [0.25, 0.3) is 0 Å². The van der Waals surface area contributed by atoms with Gasteiger partial charge in [0, 0.05) is 25.3 Å². The van der Waals surface area contributed by atoms with Gasteiger partial charge in [0.05, 0.1) is 20.1 Å². The third kappa shape index (κ3) is 6.11. The molecule has 0 heterocycles. The largest absolute Gasteiger partial charge is 0.493 e. The van der Waals surface area contributed by atoms with Gasteiger partial charge >= 0.3 is 6.18 Å². The fraction of sp³-hybridized carbons (Fsp3) is 0.500. The standard InChI is InChI=1S/C14H20F3N3O2/c1-4-22-12-9-10(5-6-11(12)21-3)20-13(18-2)19-8-7-14(15,16)17/h5-6,9H,4,7-8H2,1-3H3,(H2,18,19,20). The molecule has 2 N–H and O–H groups in total. The first kappa shape index (κ1) is 17.9. The van der Waals surface area contributed by atoms with Crippen LogP contribution >= 0.6 is 0 Å². The number of hydrogen-bond donors (Lipinski definition) is 2. The zero-order valence-electron chi connectivity index (χ0n) is 12.8. The van der Waals surface area contributed by atoms with E-state index in [4.69, 9.17) is 9.47 Å². The molecule has 0 fully saturated rings. The molecule has 124 valence electrons. The highest BCUT2D eigenvalue weighted by molar-refractivity contribution is 5.93. The lowest BCUT2D eigenvalue weighted by Gasteiger charge is -2.15. The Hall–Kier alpha value is -2.12. The van der Waals surface area contributed by atoms with Crippen molar-refractivity contribution < 1.29 is 22.6 Å². The number of halogens is 3. The second-order valence-electron chi connectivity index (χ2n) is 4.29. The van der Waals surface area contributed by atoms with Crippen LogP contribution in [0.5, 0.6) is 11.5 Å². The van der Waals surface area contributed by atoms with E-state index in [0.29, 0.717) is 23.8 Å². The summed E-state index contributed by atoms with van der Waals surface area (Å²) < 4.78 is 47.0. The molecular weight excluding hydrogens is 299 g/mol. The van der Waals surface area contributed by atoms with E-state index in [1.807, 2.05) is 6.92 Å². The smallest absolute Gasteiger partial charge is 0.390 e. The summed E-state index contributed by atoms with van der Waals surface area (Å²) in [6, 6.07) is 5.12. The minimum atomic E-state index is -4.20. The molecule has 0 aliphatic rings. The number of guanidine groups is 1. The third-order valence-electron chi connectivity index (χ3n) is 2.65. The van der Waals surface area contributed by atoms with Crippen molar-refractivity contribution in [3.8, 4) is 11.5 Å². The van der Waals surface area contributed by atoms with Gasteiger partial charge in [-0.05, 0) is 19.1 Å². The highest BCUT2D eigenvalue weighted by atomic mass is 19.4. The average molecular weight is 319 g/mol. The maximum absolute atomic E-state index is 12.1. The molecule has 5 nitrogen and oxygen atoms in total. The fourth-order valence-corrected chi connectivity index (χ4v) is 1.66. The van der Waals surface area contributed by atoms with E-state index in [0.717, 1.165) is 0 Å². The van der Waals surface area contributed by atoms with E-state index in [1.54, 1.807) is 18.2 Å². The zero-order chi connectivity index (χ0) is 16.6. The molecule has 0 saturated heterocycles. The Bertz CT molecular complexity index is 505. The van der Waals surface area contributed by atoms with Crippen LogP contribution < -0.4 is 20.1 Å². The maximum Gasteiger partial charge on any atom is 0.390 e. The van der Waals surface area contributed by atoms with Crippen LogP contribution in [0.25, 0.3) is 0 Å². The molecule has 22 heavy (non-hydrogen) atoms. The van der Waals surface area contributed by atoms with Gasteiger partial charge < -0.3 is 20.1 Å². The normalized spacial score (nSPS) is 12.0. The van der Waals surface area contributed by atoms with Gasteiger partial charge in [-0.25, -0.2) is 0 Å². The van der Waals surface area contributed by atoms with Crippen LogP contribution in [0, 0.1) is 0 Å². The summed E-state index contributed by atoms with van der Waals surface area (Å²) >= 11 is 0. The van der Waals surface area contributed by atoms with E-state index in [1.165, 1.54) is 14.2 Å². The van der Waals surface area contributed by atoms with Crippen LogP contribution in [0.15, 0.2) is 23.2 Å². The van der Waals surface area contributed by atoms with E-state index >= 15 is 0 Å². The van der Waals surface area contributed by atoms with Crippen LogP contribution in [-0.2, 0) is 0 Å². The Kier molecular flexibility index (Phi) is 6.81. The van der Waals surface area contributed by atoms with E-state index in [9.17, 15) is 13.2 Å². The number of aliphatic imine (C=N–C) groups is 1. The minimum absolute atomic E-state index is 0.247. The summed E-state index contributed by atoms with van der Waals surface area (Å²) in [6.45, 7) is 2.06. The van der Waals surface area contributed by atoms with E-state index in [-0.39, 0.29) is 12.5 Å². The number of anilines is 1. The fourth-order valence-electron chi connectivity index (χ4n) is 1.66. The molecule has 0 bridgehead atoms. The molecule has 0 radical (unpaired) electrons. The molecule has 0 atom stereocenters. The second-order valence-corrected chi connectivity index (χ2v) is 4.29. The lowest BCUT2D eigenvalue weighted by Crippen LogP contribution is -2.33. The molecule has 0 amide bonds. The van der Waals surface area contributed by atoms with Gasteiger partial charge in [-0.1, -0.05) is 0 Å². The van der Waals surface area contributed by atoms with Crippen molar-refractivity contribution >= 4 is 11.6 Å². The first-order valence-corrected chi connectivity index (χ1v) is 6.75. The highest BCUT2D eigenvalue weighted by Crippen LogP contribution is 2.30. The van der Waals surface area contributed by atoms with Gasteiger partial charge in [0.1, 0.15) is 0 Å². The third-order valence-corrected chi connectivity index (χ3v) is 2.65. The molecule has 0 spiro atoms. The molecule has 0 aromatic heterocycles. The monoisotopic (exact) mass is 319 g/mol. The zero-order valence-corrected chi connectivity index (χ0v) is 12.8. The number of nitrogens with zero attached hydrogens (tertiary/aromatic N) is 1. The van der Waals surface area contributed by atoms with Crippen LogP contribution in [0.3, 0.4) is 0 Å². The summed E-state index contributed by atoms with van der Waals surface area (Å²) in [6.07, 6.45) is -5.13. The van der Waals surface area contributed by atoms with Gasteiger partial charge in [-0.3, -0.25) is 4.99 Å². The van der Waals surface area contributed by atoms with Crippen molar-refractivity contribution in [3.63, 3.8) is 0 Å². The van der Waals surface area contributed by atoms with Crippen molar-refractivity contribution in [2.45, 2.75) is 19.5 Å². The first-order valence-electron chi connectivity index (χ1n) is 6.75.